The molecule has 1 amide bonds. The molecule has 0 atom stereocenters. The van der Waals surface area contributed by atoms with Crippen LogP contribution in [-0.2, 0) is 4.79 Å². The minimum Gasteiger partial charge on any atom is -0.318 e. The van der Waals surface area contributed by atoms with Crippen molar-refractivity contribution in [2.75, 3.05) is 10.6 Å². The zero-order valence-electron chi connectivity index (χ0n) is 7.63. The lowest BCUT2D eigenvalue weighted by molar-refractivity contribution is -0.112. The number of ketones is 1. The summed E-state index contributed by atoms with van der Waals surface area (Å²) in [6, 6.07) is 5.18. The third kappa shape index (κ3) is 1.66. The van der Waals surface area contributed by atoms with Gasteiger partial charge in [-0.3, -0.25) is 9.59 Å². The fraction of sp³-hybridized carbons (Fsp3) is 0.0909. The lowest BCUT2D eigenvalue weighted by Crippen LogP contribution is -2.12. The van der Waals surface area contributed by atoms with Gasteiger partial charge in [0.15, 0.2) is 0 Å². The zero-order valence-corrected chi connectivity index (χ0v) is 9.22. The number of anilines is 1. The molecular weight excluding hydrogens is 258 g/mol. The highest BCUT2D eigenvalue weighted by Crippen LogP contribution is 2.25. The van der Waals surface area contributed by atoms with Crippen LogP contribution in [0, 0.1) is 11.8 Å². The van der Waals surface area contributed by atoms with Crippen LogP contribution in [0.15, 0.2) is 18.2 Å². The number of fused-ring (bicyclic) bond motifs is 1. The van der Waals surface area contributed by atoms with Gasteiger partial charge in [0.05, 0.1) is 16.6 Å². The quantitative estimate of drug-likeness (QED) is 0.439. The number of benzene rings is 1. The first kappa shape index (κ1) is 9.94. The summed E-state index contributed by atoms with van der Waals surface area (Å²) in [6.45, 7) is 0. The van der Waals surface area contributed by atoms with Gasteiger partial charge in [-0.25, -0.2) is 0 Å². The maximum absolute atomic E-state index is 11.5. The second-order valence-electron chi connectivity index (χ2n) is 2.95. The third-order valence-corrected chi connectivity index (χ3v) is 2.32. The van der Waals surface area contributed by atoms with Crippen molar-refractivity contribution in [1.29, 1.82) is 0 Å². The van der Waals surface area contributed by atoms with E-state index in [4.69, 9.17) is 0 Å². The summed E-state index contributed by atoms with van der Waals surface area (Å²) in [7, 11) is 0. The molecule has 0 saturated carbocycles. The van der Waals surface area contributed by atoms with Crippen molar-refractivity contribution in [3.8, 4) is 11.8 Å². The summed E-state index contributed by atoms with van der Waals surface area (Å²) in [6.07, 6.45) is 0. The summed E-state index contributed by atoms with van der Waals surface area (Å²) in [5.74, 6) is 4.55. The van der Waals surface area contributed by atoms with E-state index in [0.29, 0.717) is 22.1 Å². The molecule has 1 N–H and O–H groups in total. The largest absolute Gasteiger partial charge is 0.318 e. The smallest absolute Gasteiger partial charge is 0.296 e. The summed E-state index contributed by atoms with van der Waals surface area (Å²) < 4.78 is 0. The van der Waals surface area contributed by atoms with Gasteiger partial charge in [0, 0.05) is 5.56 Å². The van der Waals surface area contributed by atoms with Crippen molar-refractivity contribution in [3.63, 3.8) is 0 Å². The minimum atomic E-state index is -0.585. The van der Waals surface area contributed by atoms with Crippen molar-refractivity contribution in [1.82, 2.24) is 0 Å². The number of Topliss-reactive ketones (excluding diaryl/α,β-unsaturated/α-hetero) is 1. The van der Waals surface area contributed by atoms with Crippen LogP contribution in [0.2, 0.25) is 0 Å². The molecule has 0 saturated heterocycles. The predicted octanol–water partition coefficient (Wildman–Crippen LogP) is 1.57. The average molecular weight is 264 g/mol. The Morgan fingerprint density at radius 1 is 1.33 bits per heavy atom. The molecule has 1 heterocycles. The van der Waals surface area contributed by atoms with E-state index in [2.05, 4.69) is 33.1 Å². The molecule has 0 fully saturated rings. The maximum Gasteiger partial charge on any atom is 0.296 e. The first-order chi connectivity index (χ1) is 7.24. The Labute approximate surface area is 95.0 Å². The molecule has 1 aromatic carbocycles. The summed E-state index contributed by atoms with van der Waals surface area (Å²) in [5, 5.41) is 3.03. The standard InChI is InChI=1S/C11H6BrNO2/c12-6-2-4-7-3-1-5-8-9(7)10(14)11(15)13-8/h1,3,5H,6H2,(H,13,14,15). The fourth-order valence-corrected chi connectivity index (χ4v) is 1.57. The number of nitrogens with one attached hydrogen (secondary N) is 1. The Morgan fingerprint density at radius 2 is 2.13 bits per heavy atom. The first-order valence-corrected chi connectivity index (χ1v) is 5.39. The molecule has 15 heavy (non-hydrogen) atoms. The molecule has 0 bridgehead atoms. The SMILES string of the molecule is O=C1Nc2cccc(C#CCBr)c2C1=O. The molecule has 0 radical (unpaired) electrons. The Kier molecular flexibility index (Phi) is 2.57. The van der Waals surface area contributed by atoms with Gasteiger partial charge in [0.2, 0.25) is 0 Å². The van der Waals surface area contributed by atoms with Crippen molar-refractivity contribution >= 4 is 33.3 Å². The molecule has 0 spiro atoms. The molecule has 1 aliphatic heterocycles. The number of alkyl halides is 1. The molecule has 1 aromatic rings. The summed E-state index contributed by atoms with van der Waals surface area (Å²) >= 11 is 3.17. The highest BCUT2D eigenvalue weighted by molar-refractivity contribution is 9.09. The second-order valence-corrected chi connectivity index (χ2v) is 3.51. The van der Waals surface area contributed by atoms with Crippen LogP contribution in [0.3, 0.4) is 0 Å². The van der Waals surface area contributed by atoms with Crippen LogP contribution in [0.25, 0.3) is 0 Å². The van der Waals surface area contributed by atoms with E-state index < -0.39 is 11.7 Å². The van der Waals surface area contributed by atoms with E-state index in [9.17, 15) is 9.59 Å². The molecule has 0 aliphatic carbocycles. The lowest BCUT2D eigenvalue weighted by Gasteiger charge is -1.97. The van der Waals surface area contributed by atoms with Gasteiger partial charge in [0.1, 0.15) is 0 Å². The second kappa shape index (κ2) is 3.87. The average Bonchev–Trinajstić information content (AvgIpc) is 2.53. The summed E-state index contributed by atoms with van der Waals surface area (Å²) in [4.78, 5) is 22.6. The van der Waals surface area contributed by atoms with Crippen molar-refractivity contribution in [2.45, 2.75) is 0 Å². The molecule has 4 heteroatoms. The van der Waals surface area contributed by atoms with E-state index in [1.54, 1.807) is 18.2 Å². The Balaban J connectivity index is 2.57. The van der Waals surface area contributed by atoms with E-state index in [1.807, 2.05) is 0 Å². The van der Waals surface area contributed by atoms with Crippen LogP contribution < -0.4 is 5.32 Å². The Morgan fingerprint density at radius 3 is 2.87 bits per heavy atom. The van der Waals surface area contributed by atoms with Gasteiger partial charge in [-0.1, -0.05) is 33.8 Å². The van der Waals surface area contributed by atoms with Gasteiger partial charge in [-0.05, 0) is 12.1 Å². The van der Waals surface area contributed by atoms with Gasteiger partial charge in [0.25, 0.3) is 11.7 Å². The lowest BCUT2D eigenvalue weighted by atomic mass is 10.0. The van der Waals surface area contributed by atoms with Crippen molar-refractivity contribution < 1.29 is 9.59 Å². The van der Waals surface area contributed by atoms with Crippen LogP contribution in [0.1, 0.15) is 15.9 Å². The topological polar surface area (TPSA) is 46.2 Å². The minimum absolute atomic E-state index is 0.385. The zero-order chi connectivity index (χ0) is 10.8. The molecule has 0 unspecified atom stereocenters. The molecule has 0 aromatic heterocycles. The fourth-order valence-electron chi connectivity index (χ4n) is 1.43. The van der Waals surface area contributed by atoms with Gasteiger partial charge >= 0.3 is 0 Å². The number of carbonyl (C=O) groups excluding carboxylic acids is 2. The van der Waals surface area contributed by atoms with E-state index in [1.165, 1.54) is 0 Å². The Hall–Kier alpha value is -1.60. The van der Waals surface area contributed by atoms with Crippen LogP contribution in [0.4, 0.5) is 5.69 Å². The number of hydrogen-bond donors (Lipinski definition) is 1. The highest BCUT2D eigenvalue weighted by Gasteiger charge is 2.29. The number of halogens is 1. The number of hydrogen-bond acceptors (Lipinski definition) is 2. The molecule has 3 nitrogen and oxygen atoms in total. The third-order valence-electron chi connectivity index (χ3n) is 2.04. The Bertz CT molecular complexity index is 511. The molecular formula is C11H6BrNO2. The van der Waals surface area contributed by atoms with Crippen LogP contribution in [-0.4, -0.2) is 17.0 Å². The van der Waals surface area contributed by atoms with E-state index >= 15 is 0 Å². The summed E-state index contributed by atoms with van der Waals surface area (Å²) in [5.41, 5.74) is 1.53. The van der Waals surface area contributed by atoms with Gasteiger partial charge < -0.3 is 5.32 Å². The first-order valence-electron chi connectivity index (χ1n) is 4.27. The number of amides is 1. The van der Waals surface area contributed by atoms with Crippen molar-refractivity contribution in [3.05, 3.63) is 29.3 Å². The maximum atomic E-state index is 11.5. The molecule has 2 rings (SSSR count). The van der Waals surface area contributed by atoms with Gasteiger partial charge in [-0.15, -0.1) is 0 Å². The predicted molar refractivity (Wildman–Crippen MR) is 60.1 cm³/mol. The van der Waals surface area contributed by atoms with E-state index in [-0.39, 0.29) is 0 Å². The normalized spacial score (nSPS) is 12.9. The van der Waals surface area contributed by atoms with Crippen molar-refractivity contribution in [2.24, 2.45) is 0 Å². The molecule has 1 aliphatic rings. The van der Waals surface area contributed by atoms with Crippen LogP contribution >= 0.6 is 15.9 Å². The van der Waals surface area contributed by atoms with Gasteiger partial charge in [-0.2, -0.15) is 0 Å². The number of carbonyl (C=O) groups is 2. The highest BCUT2D eigenvalue weighted by atomic mass is 79.9. The van der Waals surface area contributed by atoms with Crippen LogP contribution in [0.5, 0.6) is 0 Å². The number of rotatable bonds is 0. The van der Waals surface area contributed by atoms with E-state index in [0.717, 1.165) is 0 Å². The molecule has 74 valence electrons. The monoisotopic (exact) mass is 263 g/mol.